The number of rotatable bonds is 1. The van der Waals surface area contributed by atoms with E-state index in [2.05, 4.69) is 18.8 Å². The zero-order valence-electron chi connectivity index (χ0n) is 6.73. The van der Waals surface area contributed by atoms with Gasteiger partial charge in [-0.25, -0.2) is 4.98 Å². The zero-order chi connectivity index (χ0) is 8.59. The summed E-state index contributed by atoms with van der Waals surface area (Å²) in [5.74, 6) is 1.27. The minimum Gasteiger partial charge on any atom is -0.321 e. The Kier molecular flexibility index (Phi) is 2.45. The molecule has 0 N–H and O–H groups in total. The van der Waals surface area contributed by atoms with Crippen molar-refractivity contribution in [3.63, 3.8) is 0 Å². The second-order valence-corrected chi connectivity index (χ2v) is 3.48. The van der Waals surface area contributed by atoms with Gasteiger partial charge in [-0.1, -0.05) is 37.0 Å². The van der Waals surface area contributed by atoms with Crippen molar-refractivity contribution >= 4 is 23.2 Å². The molecule has 0 saturated heterocycles. The minimum absolute atomic E-state index is 0.352. The van der Waals surface area contributed by atoms with E-state index in [1.807, 2.05) is 7.05 Å². The molecule has 62 valence electrons. The molecule has 0 aliphatic heterocycles. The van der Waals surface area contributed by atoms with Crippen molar-refractivity contribution in [1.82, 2.24) is 9.55 Å². The molecular weight excluding hydrogens is 183 g/mol. The highest BCUT2D eigenvalue weighted by Crippen LogP contribution is 2.24. The lowest BCUT2D eigenvalue weighted by molar-refractivity contribution is 0.711. The van der Waals surface area contributed by atoms with Crippen LogP contribution in [0.1, 0.15) is 25.6 Å². The average molecular weight is 193 g/mol. The molecule has 0 bridgehead atoms. The van der Waals surface area contributed by atoms with Crippen LogP contribution in [0.3, 0.4) is 0 Å². The van der Waals surface area contributed by atoms with E-state index in [0.717, 1.165) is 5.82 Å². The maximum absolute atomic E-state index is 5.81. The van der Waals surface area contributed by atoms with Gasteiger partial charge < -0.3 is 4.57 Å². The van der Waals surface area contributed by atoms with E-state index in [4.69, 9.17) is 23.2 Å². The van der Waals surface area contributed by atoms with Crippen LogP contribution in [0, 0.1) is 0 Å². The Morgan fingerprint density at radius 1 is 1.36 bits per heavy atom. The maximum atomic E-state index is 5.81. The van der Waals surface area contributed by atoms with Gasteiger partial charge in [0.2, 0.25) is 0 Å². The predicted octanol–water partition coefficient (Wildman–Crippen LogP) is 2.85. The quantitative estimate of drug-likeness (QED) is 0.670. The van der Waals surface area contributed by atoms with E-state index in [9.17, 15) is 0 Å². The van der Waals surface area contributed by atoms with Crippen LogP contribution in [-0.4, -0.2) is 9.55 Å². The molecule has 0 aliphatic carbocycles. The smallest absolute Gasteiger partial charge is 0.166 e. The highest BCUT2D eigenvalue weighted by molar-refractivity contribution is 6.40. The SMILES string of the molecule is CC(C)c1nc(Cl)c(Cl)n1C. The van der Waals surface area contributed by atoms with E-state index < -0.39 is 0 Å². The molecule has 0 amide bonds. The van der Waals surface area contributed by atoms with Gasteiger partial charge in [0, 0.05) is 13.0 Å². The second-order valence-electron chi connectivity index (χ2n) is 2.77. The van der Waals surface area contributed by atoms with Crippen molar-refractivity contribution in [2.45, 2.75) is 19.8 Å². The molecular formula is C7H10Cl2N2. The first kappa shape index (κ1) is 8.88. The van der Waals surface area contributed by atoms with E-state index in [-0.39, 0.29) is 0 Å². The van der Waals surface area contributed by atoms with Gasteiger partial charge in [0.25, 0.3) is 0 Å². The van der Waals surface area contributed by atoms with Gasteiger partial charge in [-0.3, -0.25) is 0 Å². The van der Waals surface area contributed by atoms with Crippen molar-refractivity contribution in [3.8, 4) is 0 Å². The standard InChI is InChI=1S/C7H10Cl2N2/c1-4(2)7-10-5(8)6(9)11(7)3/h4H,1-3H3. The Labute approximate surface area is 76.1 Å². The summed E-state index contributed by atoms with van der Waals surface area (Å²) in [6, 6.07) is 0. The Morgan fingerprint density at radius 3 is 2.09 bits per heavy atom. The van der Waals surface area contributed by atoms with Crippen LogP contribution in [0.15, 0.2) is 0 Å². The van der Waals surface area contributed by atoms with Crippen molar-refractivity contribution in [3.05, 3.63) is 16.1 Å². The lowest BCUT2D eigenvalue weighted by Crippen LogP contribution is -1.99. The highest BCUT2D eigenvalue weighted by atomic mass is 35.5. The lowest BCUT2D eigenvalue weighted by atomic mass is 10.2. The van der Waals surface area contributed by atoms with Crippen molar-refractivity contribution < 1.29 is 0 Å². The Bertz CT molecular complexity index is 266. The highest BCUT2D eigenvalue weighted by Gasteiger charge is 2.12. The molecule has 0 saturated carbocycles. The summed E-state index contributed by atoms with van der Waals surface area (Å²) in [7, 11) is 1.86. The molecule has 0 aliphatic rings. The number of hydrogen-bond donors (Lipinski definition) is 0. The van der Waals surface area contributed by atoms with Gasteiger partial charge in [-0.2, -0.15) is 0 Å². The van der Waals surface area contributed by atoms with Crippen molar-refractivity contribution in [1.29, 1.82) is 0 Å². The van der Waals surface area contributed by atoms with Crippen LogP contribution < -0.4 is 0 Å². The first-order valence-electron chi connectivity index (χ1n) is 3.41. The van der Waals surface area contributed by atoms with Crippen molar-refractivity contribution in [2.75, 3.05) is 0 Å². The molecule has 0 fully saturated rings. The molecule has 11 heavy (non-hydrogen) atoms. The minimum atomic E-state index is 0.352. The second kappa shape index (κ2) is 3.03. The van der Waals surface area contributed by atoms with Gasteiger partial charge in [0.15, 0.2) is 5.15 Å². The third-order valence-corrected chi connectivity index (χ3v) is 2.33. The van der Waals surface area contributed by atoms with Gasteiger partial charge in [0.05, 0.1) is 0 Å². The average Bonchev–Trinajstić information content (AvgIpc) is 2.17. The van der Waals surface area contributed by atoms with Gasteiger partial charge in [-0.05, 0) is 0 Å². The summed E-state index contributed by atoms with van der Waals surface area (Å²) in [4.78, 5) is 4.11. The lowest BCUT2D eigenvalue weighted by Gasteiger charge is -2.03. The Hall–Kier alpha value is -0.210. The number of aromatic nitrogens is 2. The summed E-state index contributed by atoms with van der Waals surface area (Å²) in [6.07, 6.45) is 0. The monoisotopic (exact) mass is 192 g/mol. The fraction of sp³-hybridized carbons (Fsp3) is 0.571. The van der Waals surface area contributed by atoms with E-state index in [1.54, 1.807) is 4.57 Å². The predicted molar refractivity (Wildman–Crippen MR) is 47.3 cm³/mol. The molecule has 4 heteroatoms. The molecule has 0 aromatic carbocycles. The molecule has 2 nitrogen and oxygen atoms in total. The van der Waals surface area contributed by atoms with E-state index in [0.29, 0.717) is 16.2 Å². The fourth-order valence-electron chi connectivity index (χ4n) is 0.977. The zero-order valence-corrected chi connectivity index (χ0v) is 8.24. The number of nitrogens with zero attached hydrogens (tertiary/aromatic N) is 2. The number of halogens is 2. The van der Waals surface area contributed by atoms with E-state index >= 15 is 0 Å². The Balaban J connectivity index is 3.19. The molecule has 1 aromatic rings. The number of imidazole rings is 1. The van der Waals surface area contributed by atoms with Crippen LogP contribution >= 0.6 is 23.2 Å². The summed E-state index contributed by atoms with van der Waals surface area (Å²) in [5.41, 5.74) is 0. The Morgan fingerprint density at radius 2 is 1.91 bits per heavy atom. The molecule has 0 radical (unpaired) electrons. The summed E-state index contributed by atoms with van der Waals surface area (Å²) in [6.45, 7) is 4.10. The third kappa shape index (κ3) is 1.52. The normalized spacial score (nSPS) is 11.1. The molecule has 0 spiro atoms. The molecule has 1 heterocycles. The van der Waals surface area contributed by atoms with E-state index in [1.165, 1.54) is 0 Å². The van der Waals surface area contributed by atoms with Crippen LogP contribution in [-0.2, 0) is 7.05 Å². The van der Waals surface area contributed by atoms with Gasteiger partial charge in [-0.15, -0.1) is 0 Å². The van der Waals surface area contributed by atoms with Gasteiger partial charge >= 0.3 is 0 Å². The van der Waals surface area contributed by atoms with Gasteiger partial charge in [0.1, 0.15) is 11.0 Å². The van der Waals surface area contributed by atoms with Crippen molar-refractivity contribution in [2.24, 2.45) is 7.05 Å². The summed E-state index contributed by atoms with van der Waals surface area (Å²) >= 11 is 11.5. The van der Waals surface area contributed by atoms with Crippen LogP contribution in [0.2, 0.25) is 10.3 Å². The number of hydrogen-bond acceptors (Lipinski definition) is 1. The molecule has 1 aromatic heterocycles. The summed E-state index contributed by atoms with van der Waals surface area (Å²) in [5, 5.41) is 0.897. The van der Waals surface area contributed by atoms with Crippen LogP contribution in [0.4, 0.5) is 0 Å². The molecule has 1 rings (SSSR count). The molecule has 0 atom stereocenters. The maximum Gasteiger partial charge on any atom is 0.166 e. The first-order valence-corrected chi connectivity index (χ1v) is 4.17. The first-order chi connectivity index (χ1) is 5.04. The third-order valence-electron chi connectivity index (χ3n) is 1.54. The van der Waals surface area contributed by atoms with Crippen LogP contribution in [0.5, 0.6) is 0 Å². The molecule has 0 unspecified atom stereocenters. The largest absolute Gasteiger partial charge is 0.321 e. The fourth-order valence-corrected chi connectivity index (χ4v) is 1.32. The summed E-state index contributed by atoms with van der Waals surface area (Å²) < 4.78 is 1.80. The van der Waals surface area contributed by atoms with Crippen LogP contribution in [0.25, 0.3) is 0 Å². The topological polar surface area (TPSA) is 17.8 Å².